The molecule has 2 unspecified atom stereocenters. The van der Waals surface area contributed by atoms with Crippen LogP contribution in [-0.4, -0.2) is 40.3 Å². The number of hydrogen-bond donors (Lipinski definition) is 0. The highest BCUT2D eigenvalue weighted by Crippen LogP contribution is 2.61. The van der Waals surface area contributed by atoms with E-state index in [-0.39, 0.29) is 11.5 Å². The Kier molecular flexibility index (Phi) is 3.76. The number of halogens is 3. The van der Waals surface area contributed by atoms with Crippen LogP contribution in [0, 0.1) is 23.2 Å². The molecule has 4 aliphatic carbocycles. The van der Waals surface area contributed by atoms with Crippen molar-refractivity contribution < 1.29 is 22.8 Å². The largest absolute Gasteiger partial charge is 0.493 e. The Hall–Kier alpha value is -1.47. The van der Waals surface area contributed by atoms with Gasteiger partial charge in [-0.1, -0.05) is 5.17 Å². The van der Waals surface area contributed by atoms with Crippen LogP contribution in [0.1, 0.15) is 64.7 Å². The maximum absolute atomic E-state index is 12.8. The Bertz CT molecular complexity index is 642. The molecule has 4 bridgehead atoms. The summed E-state index contributed by atoms with van der Waals surface area (Å²) in [7, 11) is 0. The minimum atomic E-state index is -5.01. The quantitative estimate of drug-likeness (QED) is 0.719. The van der Waals surface area contributed by atoms with Gasteiger partial charge in [0.2, 0.25) is 0 Å². The predicted molar refractivity (Wildman–Crippen MR) is 91.0 cm³/mol. The third kappa shape index (κ3) is 2.73. The normalized spacial score (nSPS) is 43.0. The van der Waals surface area contributed by atoms with E-state index in [0.29, 0.717) is 24.2 Å². The molecular weight excluding hydrogens is 359 g/mol. The number of hydroxylamine groups is 1. The third-order valence-electron chi connectivity index (χ3n) is 7.49. The first-order valence-corrected chi connectivity index (χ1v) is 10.2. The van der Waals surface area contributed by atoms with Crippen LogP contribution >= 0.6 is 0 Å². The molecule has 150 valence electrons. The van der Waals surface area contributed by atoms with Gasteiger partial charge in [0.05, 0.1) is 0 Å². The molecule has 0 aromatic rings. The van der Waals surface area contributed by atoms with Crippen LogP contribution in [0.4, 0.5) is 13.2 Å². The molecule has 5 nitrogen and oxygen atoms in total. The highest BCUT2D eigenvalue weighted by Gasteiger charge is 2.58. The lowest BCUT2D eigenvalue weighted by molar-refractivity contribution is -0.252. The maximum atomic E-state index is 12.8. The van der Waals surface area contributed by atoms with Crippen molar-refractivity contribution in [3.8, 4) is 0 Å². The fourth-order valence-corrected chi connectivity index (χ4v) is 6.93. The smallest absolute Gasteiger partial charge is 0.330 e. The lowest BCUT2D eigenvalue weighted by Crippen LogP contribution is -2.58. The Morgan fingerprint density at radius 1 is 1.11 bits per heavy atom. The molecule has 2 heterocycles. The Labute approximate surface area is 156 Å². The number of amidine groups is 1. The molecule has 0 amide bonds. The third-order valence-corrected chi connectivity index (χ3v) is 7.49. The van der Waals surface area contributed by atoms with Crippen LogP contribution in [0.15, 0.2) is 5.10 Å². The number of hydrazone groups is 1. The number of piperidine rings is 1. The highest BCUT2D eigenvalue weighted by molar-refractivity contribution is 5.90. The molecule has 1 saturated heterocycles. The molecule has 0 aromatic heterocycles. The van der Waals surface area contributed by atoms with E-state index in [1.54, 1.807) is 0 Å². The van der Waals surface area contributed by atoms with Gasteiger partial charge in [-0.3, -0.25) is 0 Å². The van der Waals surface area contributed by atoms with Crippen LogP contribution in [0.25, 0.3) is 0 Å². The second-order valence-corrected chi connectivity index (χ2v) is 9.47. The molecule has 0 spiro atoms. The lowest BCUT2D eigenvalue weighted by Gasteiger charge is -2.58. The van der Waals surface area contributed by atoms with Crippen molar-refractivity contribution >= 4 is 11.8 Å². The molecule has 8 heteroatoms. The van der Waals surface area contributed by atoms with Crippen molar-refractivity contribution in [2.24, 2.45) is 28.3 Å². The minimum Gasteiger partial charge on any atom is -0.330 e. The van der Waals surface area contributed by atoms with Crippen molar-refractivity contribution in [2.45, 2.75) is 83.1 Å². The molecule has 0 radical (unpaired) electrons. The van der Waals surface area contributed by atoms with Gasteiger partial charge in [0.1, 0.15) is 5.84 Å². The highest BCUT2D eigenvalue weighted by atomic mass is 19.4. The van der Waals surface area contributed by atoms with Crippen molar-refractivity contribution in [2.75, 3.05) is 0 Å². The number of alkyl halides is 3. The molecular formula is C19H26F3N3O2. The topological polar surface area (TPSA) is 45.1 Å². The Balaban J connectivity index is 1.48. The number of hydrogen-bond acceptors (Lipinski definition) is 5. The van der Waals surface area contributed by atoms with E-state index in [0.717, 1.165) is 43.1 Å². The van der Waals surface area contributed by atoms with Crippen LogP contribution in [-0.2, 0) is 9.63 Å². The summed E-state index contributed by atoms with van der Waals surface area (Å²) < 4.78 is 38.3. The zero-order valence-corrected chi connectivity index (χ0v) is 15.5. The van der Waals surface area contributed by atoms with E-state index >= 15 is 0 Å². The number of carbonyl (C=O) groups is 1. The molecule has 5 fully saturated rings. The number of rotatable bonds is 2. The van der Waals surface area contributed by atoms with Crippen LogP contribution in [0.2, 0.25) is 0 Å². The van der Waals surface area contributed by atoms with Gasteiger partial charge >= 0.3 is 12.1 Å². The van der Waals surface area contributed by atoms with Gasteiger partial charge in [-0.05, 0) is 82.5 Å². The summed E-state index contributed by atoms with van der Waals surface area (Å²) in [5.74, 6) is 0.850. The lowest BCUT2D eigenvalue weighted by atomic mass is 9.49. The molecule has 0 aromatic carbocycles. The van der Waals surface area contributed by atoms with Gasteiger partial charge in [-0.15, -0.1) is 5.10 Å². The van der Waals surface area contributed by atoms with Gasteiger partial charge in [0.15, 0.2) is 6.17 Å². The molecule has 4 saturated carbocycles. The van der Waals surface area contributed by atoms with Crippen LogP contribution in [0.5, 0.6) is 0 Å². The van der Waals surface area contributed by atoms with Crippen molar-refractivity contribution in [3.63, 3.8) is 0 Å². The summed E-state index contributed by atoms with van der Waals surface area (Å²) in [6.07, 6.45) is 4.24. The van der Waals surface area contributed by atoms with E-state index in [4.69, 9.17) is 4.84 Å². The monoisotopic (exact) mass is 385 g/mol. The Morgan fingerprint density at radius 3 is 2.26 bits per heavy atom. The number of nitrogens with zero attached hydrogens (tertiary/aromatic N) is 3. The SMILES string of the molecule is CC1CCCC2N(OC(=O)C(F)(F)F)N=C(C34CC5CC(CC(C5)C3)C4)N12. The maximum Gasteiger partial charge on any atom is 0.493 e. The van der Waals surface area contributed by atoms with E-state index in [1.807, 2.05) is 0 Å². The fourth-order valence-electron chi connectivity index (χ4n) is 6.93. The average molecular weight is 385 g/mol. The summed E-state index contributed by atoms with van der Waals surface area (Å²) in [4.78, 5) is 18.4. The van der Waals surface area contributed by atoms with Gasteiger partial charge in [-0.2, -0.15) is 13.2 Å². The first-order valence-electron chi connectivity index (χ1n) is 10.2. The summed E-state index contributed by atoms with van der Waals surface area (Å²) in [6.45, 7) is 2.11. The van der Waals surface area contributed by atoms with Crippen LogP contribution in [0.3, 0.4) is 0 Å². The van der Waals surface area contributed by atoms with E-state index < -0.39 is 18.3 Å². The zero-order valence-electron chi connectivity index (χ0n) is 15.5. The standard InChI is InChI=1S/C19H26F3N3O2/c1-11-3-2-4-15-24(11)16(23-25(15)27-17(26)19(20,21)22)18-8-12-5-13(9-18)7-14(6-12)10-18/h11-15H,2-10H2,1H3. The first kappa shape index (κ1) is 17.6. The number of carbonyl (C=O) groups excluding carboxylic acids is 1. The van der Waals surface area contributed by atoms with Crippen molar-refractivity contribution in [3.05, 3.63) is 0 Å². The fraction of sp³-hybridized carbons (Fsp3) is 0.895. The van der Waals surface area contributed by atoms with E-state index in [1.165, 1.54) is 19.3 Å². The summed E-state index contributed by atoms with van der Waals surface area (Å²) in [5.41, 5.74) is -0.0437. The van der Waals surface area contributed by atoms with Gasteiger partial charge in [-0.25, -0.2) is 4.79 Å². The van der Waals surface area contributed by atoms with Crippen LogP contribution < -0.4 is 0 Å². The second kappa shape index (κ2) is 5.77. The molecule has 2 atom stereocenters. The summed E-state index contributed by atoms with van der Waals surface area (Å²) in [5, 5.41) is 5.53. The summed E-state index contributed by atoms with van der Waals surface area (Å²) >= 11 is 0. The molecule has 27 heavy (non-hydrogen) atoms. The first-order chi connectivity index (χ1) is 12.7. The molecule has 2 aliphatic heterocycles. The molecule has 6 aliphatic rings. The van der Waals surface area contributed by atoms with Gasteiger partial charge in [0.25, 0.3) is 0 Å². The predicted octanol–water partition coefficient (Wildman–Crippen LogP) is 4.05. The Morgan fingerprint density at radius 2 is 1.70 bits per heavy atom. The molecule has 6 rings (SSSR count). The number of fused-ring (bicyclic) bond motifs is 1. The van der Waals surface area contributed by atoms with Crippen molar-refractivity contribution in [1.29, 1.82) is 0 Å². The average Bonchev–Trinajstić information content (AvgIpc) is 2.94. The van der Waals surface area contributed by atoms with Gasteiger partial charge in [0, 0.05) is 11.5 Å². The van der Waals surface area contributed by atoms with Crippen molar-refractivity contribution in [1.82, 2.24) is 10.1 Å². The zero-order chi connectivity index (χ0) is 19.0. The van der Waals surface area contributed by atoms with E-state index in [9.17, 15) is 18.0 Å². The molecule has 0 N–H and O–H groups in total. The van der Waals surface area contributed by atoms with Gasteiger partial charge < -0.3 is 9.74 Å². The second-order valence-electron chi connectivity index (χ2n) is 9.47. The van der Waals surface area contributed by atoms with E-state index in [2.05, 4.69) is 16.9 Å². The summed E-state index contributed by atoms with van der Waals surface area (Å²) in [6, 6.07) is 0.199. The minimum absolute atomic E-state index is 0.0437.